The van der Waals surface area contributed by atoms with Crippen molar-refractivity contribution in [3.05, 3.63) is 0 Å². The highest BCUT2D eigenvalue weighted by Crippen LogP contribution is 2.34. The lowest BCUT2D eigenvalue weighted by molar-refractivity contribution is -0.177. The van der Waals surface area contributed by atoms with Gasteiger partial charge in [-0.2, -0.15) is 13.2 Å². The number of carbonyl (C=O) groups is 1. The van der Waals surface area contributed by atoms with Crippen LogP contribution in [0.5, 0.6) is 0 Å². The van der Waals surface area contributed by atoms with Gasteiger partial charge in [-0.25, -0.2) is 0 Å². The van der Waals surface area contributed by atoms with Gasteiger partial charge in [0.2, 0.25) is 0 Å². The van der Waals surface area contributed by atoms with Gasteiger partial charge in [-0.15, -0.1) is 0 Å². The van der Waals surface area contributed by atoms with Crippen LogP contribution < -0.4 is 5.32 Å². The highest BCUT2D eigenvalue weighted by molar-refractivity contribution is 5.69. The Morgan fingerprint density at radius 2 is 2.18 bits per heavy atom. The van der Waals surface area contributed by atoms with Crippen molar-refractivity contribution in [2.45, 2.75) is 25.6 Å². The second-order valence-electron chi connectivity index (χ2n) is 4.22. The van der Waals surface area contributed by atoms with E-state index in [9.17, 15) is 18.0 Å². The maximum Gasteiger partial charge on any atom is 0.393 e. The molecule has 4 nitrogen and oxygen atoms in total. The monoisotopic (exact) mass is 254 g/mol. The van der Waals surface area contributed by atoms with Crippen LogP contribution in [0.25, 0.3) is 0 Å². The van der Waals surface area contributed by atoms with Crippen LogP contribution >= 0.6 is 0 Å². The van der Waals surface area contributed by atoms with Crippen molar-refractivity contribution in [2.75, 3.05) is 26.2 Å². The quantitative estimate of drug-likeness (QED) is 0.766. The maximum atomic E-state index is 12.7. The van der Waals surface area contributed by atoms with Gasteiger partial charge in [-0.05, 0) is 19.5 Å². The van der Waals surface area contributed by atoms with E-state index < -0.39 is 24.1 Å². The highest BCUT2D eigenvalue weighted by atomic mass is 19.4. The van der Waals surface area contributed by atoms with Crippen LogP contribution in [0.15, 0.2) is 0 Å². The molecule has 1 aliphatic rings. The van der Waals surface area contributed by atoms with E-state index in [0.29, 0.717) is 13.1 Å². The van der Waals surface area contributed by atoms with Gasteiger partial charge in [0, 0.05) is 12.6 Å². The summed E-state index contributed by atoms with van der Waals surface area (Å²) in [6.45, 7) is 2.39. The summed E-state index contributed by atoms with van der Waals surface area (Å²) in [4.78, 5) is 12.0. The summed E-state index contributed by atoms with van der Waals surface area (Å²) in [5.41, 5.74) is 0. The summed E-state index contributed by atoms with van der Waals surface area (Å²) < 4.78 is 38.0. The number of hydrogen-bond acceptors (Lipinski definition) is 3. The Morgan fingerprint density at radius 3 is 2.65 bits per heavy atom. The van der Waals surface area contributed by atoms with Gasteiger partial charge < -0.3 is 10.4 Å². The zero-order valence-corrected chi connectivity index (χ0v) is 9.63. The summed E-state index contributed by atoms with van der Waals surface area (Å²) in [7, 11) is 0. The first-order chi connectivity index (χ1) is 7.84. The summed E-state index contributed by atoms with van der Waals surface area (Å²) in [5, 5.41) is 11.4. The van der Waals surface area contributed by atoms with E-state index in [4.69, 9.17) is 5.11 Å². The first-order valence-electron chi connectivity index (χ1n) is 5.58. The van der Waals surface area contributed by atoms with Gasteiger partial charge >= 0.3 is 12.1 Å². The third-order valence-electron chi connectivity index (χ3n) is 3.03. The Hall–Kier alpha value is -0.820. The molecule has 7 heteroatoms. The molecule has 0 bridgehead atoms. The number of carboxylic acids is 1. The second kappa shape index (κ2) is 5.68. The van der Waals surface area contributed by atoms with Crippen LogP contribution in [-0.2, 0) is 4.79 Å². The lowest BCUT2D eigenvalue weighted by atomic mass is 9.99. The van der Waals surface area contributed by atoms with Crippen LogP contribution in [0.3, 0.4) is 0 Å². The van der Waals surface area contributed by atoms with Gasteiger partial charge in [0.25, 0.3) is 0 Å². The van der Waals surface area contributed by atoms with Crippen molar-refractivity contribution in [1.82, 2.24) is 10.2 Å². The summed E-state index contributed by atoms with van der Waals surface area (Å²) in [6, 6.07) is -0.700. The third-order valence-corrected chi connectivity index (χ3v) is 3.03. The van der Waals surface area contributed by atoms with E-state index in [2.05, 4.69) is 5.32 Å². The minimum absolute atomic E-state index is 0.0682. The average molecular weight is 254 g/mol. The Morgan fingerprint density at radius 1 is 1.53 bits per heavy atom. The first-order valence-corrected chi connectivity index (χ1v) is 5.58. The van der Waals surface area contributed by atoms with Crippen molar-refractivity contribution in [1.29, 1.82) is 0 Å². The fraction of sp³-hybridized carbons (Fsp3) is 0.900. The molecule has 2 N–H and O–H groups in total. The molecule has 0 saturated carbocycles. The topological polar surface area (TPSA) is 52.6 Å². The van der Waals surface area contributed by atoms with E-state index in [1.807, 2.05) is 0 Å². The predicted molar refractivity (Wildman–Crippen MR) is 55.7 cm³/mol. The van der Waals surface area contributed by atoms with Crippen LogP contribution in [0, 0.1) is 5.92 Å². The summed E-state index contributed by atoms with van der Waals surface area (Å²) in [5.74, 6) is -2.39. The number of nitrogens with zero attached hydrogens (tertiary/aromatic N) is 1. The normalized spacial score (nSPS) is 25.5. The molecular weight excluding hydrogens is 237 g/mol. The molecule has 0 aromatic rings. The molecule has 100 valence electrons. The van der Waals surface area contributed by atoms with Crippen LogP contribution in [0.1, 0.15) is 13.3 Å². The minimum Gasteiger partial charge on any atom is -0.480 e. The molecule has 0 radical (unpaired) electrons. The molecule has 1 rings (SSSR count). The smallest absolute Gasteiger partial charge is 0.393 e. The molecule has 2 atom stereocenters. The Bertz CT molecular complexity index is 271. The van der Waals surface area contributed by atoms with Gasteiger partial charge in [-0.3, -0.25) is 9.69 Å². The van der Waals surface area contributed by atoms with Crippen LogP contribution in [-0.4, -0.2) is 54.4 Å². The maximum absolute atomic E-state index is 12.7. The molecule has 0 spiro atoms. The number of carboxylic acid groups (broad SMARTS) is 1. The number of alkyl halides is 3. The summed E-state index contributed by atoms with van der Waals surface area (Å²) >= 11 is 0. The molecule has 1 fully saturated rings. The Kier molecular flexibility index (Phi) is 4.76. The van der Waals surface area contributed by atoms with Gasteiger partial charge in [0.15, 0.2) is 0 Å². The van der Waals surface area contributed by atoms with Crippen molar-refractivity contribution >= 4 is 5.97 Å². The van der Waals surface area contributed by atoms with Gasteiger partial charge in [0.1, 0.15) is 0 Å². The Labute approximate surface area is 97.8 Å². The van der Waals surface area contributed by atoms with Crippen LogP contribution in [0.4, 0.5) is 13.2 Å². The number of nitrogens with one attached hydrogen (secondary N) is 1. The number of aliphatic carboxylic acids is 1. The van der Waals surface area contributed by atoms with Crippen molar-refractivity contribution < 1.29 is 23.1 Å². The standard InChI is InChI=1S/C10H17F3N2O2/c1-2-15(6-9(16)17)5-8-7(3-4-14-8)10(11,12)13/h7-8,14H,2-6H2,1H3,(H,16,17). The SMILES string of the molecule is CCN(CC(=O)O)CC1NCCC1C(F)(F)F. The fourth-order valence-electron chi connectivity index (χ4n) is 2.13. The lowest BCUT2D eigenvalue weighted by Crippen LogP contribution is -2.46. The average Bonchev–Trinajstić information content (AvgIpc) is 2.63. The zero-order valence-electron chi connectivity index (χ0n) is 9.63. The molecule has 1 saturated heterocycles. The first kappa shape index (κ1) is 14.2. The van der Waals surface area contributed by atoms with E-state index in [-0.39, 0.29) is 19.5 Å². The number of likely N-dealkylation sites (N-methyl/N-ethyl adjacent to an activating group) is 1. The van der Waals surface area contributed by atoms with Crippen LogP contribution in [0.2, 0.25) is 0 Å². The van der Waals surface area contributed by atoms with E-state index >= 15 is 0 Å². The molecule has 17 heavy (non-hydrogen) atoms. The zero-order chi connectivity index (χ0) is 13.1. The second-order valence-corrected chi connectivity index (χ2v) is 4.22. The van der Waals surface area contributed by atoms with E-state index in [1.165, 1.54) is 4.90 Å². The van der Waals surface area contributed by atoms with E-state index in [1.54, 1.807) is 6.92 Å². The summed E-state index contributed by atoms with van der Waals surface area (Å²) in [6.07, 6.45) is -4.14. The molecule has 2 unspecified atom stereocenters. The lowest BCUT2D eigenvalue weighted by Gasteiger charge is -2.27. The Balaban J connectivity index is 2.56. The fourth-order valence-corrected chi connectivity index (χ4v) is 2.13. The largest absolute Gasteiger partial charge is 0.480 e. The van der Waals surface area contributed by atoms with Crippen molar-refractivity contribution in [3.8, 4) is 0 Å². The molecule has 0 aromatic carbocycles. The molecule has 1 heterocycles. The van der Waals surface area contributed by atoms with Gasteiger partial charge in [-0.1, -0.05) is 6.92 Å². The predicted octanol–water partition coefficient (Wildman–Crippen LogP) is 0.933. The van der Waals surface area contributed by atoms with Crippen molar-refractivity contribution in [3.63, 3.8) is 0 Å². The van der Waals surface area contributed by atoms with Gasteiger partial charge in [0.05, 0.1) is 12.5 Å². The number of hydrogen-bond donors (Lipinski definition) is 2. The minimum atomic E-state index is -4.21. The molecule has 0 aliphatic carbocycles. The highest BCUT2D eigenvalue weighted by Gasteiger charge is 2.47. The number of rotatable bonds is 5. The molecular formula is C10H17F3N2O2. The molecule has 1 aliphatic heterocycles. The van der Waals surface area contributed by atoms with Crippen molar-refractivity contribution in [2.24, 2.45) is 5.92 Å². The third kappa shape index (κ3) is 4.16. The van der Waals surface area contributed by atoms with E-state index in [0.717, 1.165) is 0 Å². The molecule has 0 amide bonds. The number of halogens is 3. The molecule has 0 aromatic heterocycles.